The molecule has 0 aromatic heterocycles. The molecule has 1 atom stereocenters. The average Bonchev–Trinajstić information content (AvgIpc) is 3.36. The van der Waals surface area contributed by atoms with Gasteiger partial charge in [0.2, 0.25) is 11.8 Å². The minimum absolute atomic E-state index is 0.168. The quantitative estimate of drug-likeness (QED) is 0.646. The highest BCUT2D eigenvalue weighted by Crippen LogP contribution is 2.28. The number of anilines is 1. The monoisotopic (exact) mass is 414 g/mol. The van der Waals surface area contributed by atoms with Crippen molar-refractivity contribution in [1.29, 1.82) is 0 Å². The summed E-state index contributed by atoms with van der Waals surface area (Å²) in [6, 6.07) is 6.60. The number of rotatable bonds is 6. The first kappa shape index (κ1) is 20.8. The van der Waals surface area contributed by atoms with Crippen molar-refractivity contribution < 1.29 is 19.1 Å². The van der Waals surface area contributed by atoms with E-state index < -0.39 is 6.04 Å². The molecule has 4 rings (SSSR count). The van der Waals surface area contributed by atoms with E-state index in [1.807, 2.05) is 11.8 Å². The summed E-state index contributed by atoms with van der Waals surface area (Å²) >= 11 is 0. The largest absolute Gasteiger partial charge is 0.494 e. The minimum Gasteiger partial charge on any atom is -0.494 e. The Balaban J connectivity index is 1.33. The molecule has 3 aliphatic heterocycles. The molecule has 0 aliphatic carbocycles. The summed E-state index contributed by atoms with van der Waals surface area (Å²) in [5.41, 5.74) is 0.579. The molecule has 0 radical (unpaired) electrons. The Hall–Kier alpha value is -2.45. The number of hydrogen-bond donors (Lipinski definition) is 0. The Labute approximate surface area is 177 Å². The molecule has 8 heteroatoms. The third-order valence-electron chi connectivity index (χ3n) is 6.19. The van der Waals surface area contributed by atoms with Crippen LogP contribution in [0, 0.1) is 0 Å². The van der Waals surface area contributed by atoms with Crippen molar-refractivity contribution in [3.05, 3.63) is 24.3 Å². The van der Waals surface area contributed by atoms with Crippen LogP contribution in [-0.2, 0) is 14.4 Å². The number of carbonyl (C=O) groups excluding carboxylic acids is 3. The Morgan fingerprint density at radius 1 is 1.00 bits per heavy atom. The molecule has 3 heterocycles. The van der Waals surface area contributed by atoms with E-state index in [1.165, 1.54) is 17.7 Å². The van der Waals surface area contributed by atoms with Gasteiger partial charge in [0.05, 0.1) is 31.3 Å². The van der Waals surface area contributed by atoms with Gasteiger partial charge in [-0.1, -0.05) is 0 Å². The second-order valence-corrected chi connectivity index (χ2v) is 8.11. The van der Waals surface area contributed by atoms with Gasteiger partial charge in [0, 0.05) is 26.2 Å². The molecule has 0 unspecified atom stereocenters. The molecule has 0 N–H and O–H groups in total. The van der Waals surface area contributed by atoms with E-state index in [1.54, 1.807) is 24.3 Å². The number of ether oxygens (including phenoxy) is 1. The van der Waals surface area contributed by atoms with E-state index in [-0.39, 0.29) is 24.1 Å². The Kier molecular flexibility index (Phi) is 6.34. The summed E-state index contributed by atoms with van der Waals surface area (Å²) in [5, 5.41) is 0. The highest BCUT2D eigenvalue weighted by atomic mass is 16.5. The number of likely N-dealkylation sites (tertiary alicyclic amines) is 1. The average molecular weight is 415 g/mol. The summed E-state index contributed by atoms with van der Waals surface area (Å²) in [6.45, 7) is 7.42. The summed E-state index contributed by atoms with van der Waals surface area (Å²) in [4.78, 5) is 45.6. The minimum atomic E-state index is -0.445. The van der Waals surface area contributed by atoms with Crippen LogP contribution in [0.3, 0.4) is 0 Å². The lowest BCUT2D eigenvalue weighted by atomic mass is 10.1. The number of carbonyl (C=O) groups is 3. The van der Waals surface area contributed by atoms with Crippen molar-refractivity contribution in [2.24, 2.45) is 0 Å². The Bertz CT molecular complexity index is 783. The molecule has 0 bridgehead atoms. The van der Waals surface area contributed by atoms with Crippen molar-refractivity contribution in [1.82, 2.24) is 14.7 Å². The van der Waals surface area contributed by atoms with E-state index in [2.05, 4.69) is 9.80 Å². The van der Waals surface area contributed by atoms with E-state index in [4.69, 9.17) is 4.74 Å². The Morgan fingerprint density at radius 3 is 2.30 bits per heavy atom. The molecular formula is C22H30N4O4. The molecular weight excluding hydrogens is 384 g/mol. The molecule has 162 valence electrons. The van der Waals surface area contributed by atoms with Crippen molar-refractivity contribution >= 4 is 23.4 Å². The summed E-state index contributed by atoms with van der Waals surface area (Å²) in [5.74, 6) is 0.524. The third-order valence-corrected chi connectivity index (χ3v) is 6.19. The van der Waals surface area contributed by atoms with Gasteiger partial charge in [0.1, 0.15) is 5.75 Å². The SMILES string of the molecule is CCOc1ccc(N2C(=O)C[C@H](N3CCN(C(=O)CN4CCCC4)CC3)C2=O)cc1. The maximum atomic E-state index is 13.0. The molecule has 3 saturated heterocycles. The lowest BCUT2D eigenvalue weighted by Gasteiger charge is -2.37. The first-order valence-corrected chi connectivity index (χ1v) is 10.9. The van der Waals surface area contributed by atoms with Crippen LogP contribution in [0.1, 0.15) is 26.2 Å². The zero-order valence-electron chi connectivity index (χ0n) is 17.6. The fourth-order valence-corrected chi connectivity index (χ4v) is 4.55. The smallest absolute Gasteiger partial charge is 0.251 e. The summed E-state index contributed by atoms with van der Waals surface area (Å²) < 4.78 is 5.43. The number of imide groups is 1. The number of piperazine rings is 1. The maximum absolute atomic E-state index is 13.0. The predicted molar refractivity (Wildman–Crippen MR) is 112 cm³/mol. The second-order valence-electron chi connectivity index (χ2n) is 8.11. The molecule has 1 aromatic rings. The maximum Gasteiger partial charge on any atom is 0.251 e. The third kappa shape index (κ3) is 4.34. The van der Waals surface area contributed by atoms with E-state index in [9.17, 15) is 14.4 Å². The normalized spacial score (nSPS) is 23.4. The Morgan fingerprint density at radius 2 is 1.67 bits per heavy atom. The van der Waals surface area contributed by atoms with Crippen molar-refractivity contribution in [3.63, 3.8) is 0 Å². The lowest BCUT2D eigenvalue weighted by Crippen LogP contribution is -2.55. The van der Waals surface area contributed by atoms with Crippen molar-refractivity contribution in [2.75, 3.05) is 57.3 Å². The summed E-state index contributed by atoms with van der Waals surface area (Å²) in [6.07, 6.45) is 2.53. The van der Waals surface area contributed by atoms with Gasteiger partial charge in [-0.25, -0.2) is 4.90 Å². The molecule has 3 fully saturated rings. The standard InChI is InChI=1S/C22H30N4O4/c1-2-30-18-7-5-17(6-8-18)26-20(27)15-19(22(26)29)24-11-13-25(14-12-24)21(28)16-23-9-3-4-10-23/h5-8,19H,2-4,9-16H2,1H3/t19-/m0/s1. The fraction of sp³-hybridized carbons (Fsp3) is 0.591. The molecule has 0 spiro atoms. The summed E-state index contributed by atoms with van der Waals surface area (Å²) in [7, 11) is 0. The zero-order chi connectivity index (χ0) is 21.1. The van der Waals surface area contributed by atoms with Gasteiger partial charge in [-0.2, -0.15) is 0 Å². The topological polar surface area (TPSA) is 73.4 Å². The van der Waals surface area contributed by atoms with Crippen LogP contribution in [-0.4, -0.2) is 90.9 Å². The van der Waals surface area contributed by atoms with Crippen LogP contribution in [0.5, 0.6) is 5.75 Å². The van der Waals surface area contributed by atoms with E-state index >= 15 is 0 Å². The zero-order valence-corrected chi connectivity index (χ0v) is 17.6. The van der Waals surface area contributed by atoms with Gasteiger partial charge in [-0.05, 0) is 57.1 Å². The number of hydrogen-bond acceptors (Lipinski definition) is 6. The highest BCUT2D eigenvalue weighted by Gasteiger charge is 2.43. The van der Waals surface area contributed by atoms with Gasteiger partial charge in [0.15, 0.2) is 0 Å². The highest BCUT2D eigenvalue weighted by molar-refractivity contribution is 6.22. The fourth-order valence-electron chi connectivity index (χ4n) is 4.55. The predicted octanol–water partition coefficient (Wildman–Crippen LogP) is 0.957. The lowest BCUT2D eigenvalue weighted by molar-refractivity contribution is -0.134. The van der Waals surface area contributed by atoms with Gasteiger partial charge >= 0.3 is 0 Å². The first-order chi connectivity index (χ1) is 14.6. The van der Waals surface area contributed by atoms with Crippen molar-refractivity contribution in [3.8, 4) is 5.75 Å². The van der Waals surface area contributed by atoms with E-state index in [0.29, 0.717) is 50.8 Å². The molecule has 30 heavy (non-hydrogen) atoms. The molecule has 3 aliphatic rings. The number of benzene rings is 1. The van der Waals surface area contributed by atoms with Gasteiger partial charge in [-0.15, -0.1) is 0 Å². The van der Waals surface area contributed by atoms with Crippen LogP contribution in [0.15, 0.2) is 24.3 Å². The van der Waals surface area contributed by atoms with Crippen LogP contribution < -0.4 is 9.64 Å². The van der Waals surface area contributed by atoms with Crippen LogP contribution in [0.4, 0.5) is 5.69 Å². The molecule has 3 amide bonds. The van der Waals surface area contributed by atoms with Gasteiger partial charge in [-0.3, -0.25) is 24.2 Å². The van der Waals surface area contributed by atoms with Gasteiger partial charge in [0.25, 0.3) is 5.91 Å². The molecule has 8 nitrogen and oxygen atoms in total. The van der Waals surface area contributed by atoms with Crippen LogP contribution in [0.25, 0.3) is 0 Å². The van der Waals surface area contributed by atoms with Crippen LogP contribution >= 0.6 is 0 Å². The van der Waals surface area contributed by atoms with Gasteiger partial charge < -0.3 is 9.64 Å². The number of amides is 3. The molecule has 1 aromatic carbocycles. The van der Waals surface area contributed by atoms with Crippen LogP contribution in [0.2, 0.25) is 0 Å². The molecule has 0 saturated carbocycles. The number of nitrogens with zero attached hydrogens (tertiary/aromatic N) is 4. The van der Waals surface area contributed by atoms with Crippen molar-refractivity contribution in [2.45, 2.75) is 32.2 Å². The van der Waals surface area contributed by atoms with E-state index in [0.717, 1.165) is 13.1 Å². The first-order valence-electron chi connectivity index (χ1n) is 10.9. The second kappa shape index (κ2) is 9.14.